The Labute approximate surface area is 541 Å². The van der Waals surface area contributed by atoms with Crippen molar-refractivity contribution in [3.8, 4) is 0 Å². The molecule has 4 aliphatic rings. The second kappa shape index (κ2) is 26.1. The van der Waals surface area contributed by atoms with Crippen molar-refractivity contribution in [1.82, 2.24) is 0 Å². The lowest BCUT2D eigenvalue weighted by Crippen LogP contribution is -2.85. The summed E-state index contributed by atoms with van der Waals surface area (Å²) in [5, 5.41) is 3.62. The predicted molar refractivity (Wildman–Crippen MR) is 365 cm³/mol. The quantitative estimate of drug-likeness (QED) is 0.124. The van der Waals surface area contributed by atoms with E-state index in [1.165, 1.54) is 12.1 Å². The molecule has 6 bridgehead atoms. The van der Waals surface area contributed by atoms with Crippen LogP contribution in [0.4, 0.5) is 13.2 Å². The van der Waals surface area contributed by atoms with Crippen molar-refractivity contribution < 1.29 is 71.1 Å². The number of aryl methyl sites for hydroxylation is 1. The third-order valence-corrected chi connectivity index (χ3v) is 56.0. The largest absolute Gasteiger partial charge is 0.521 e. The Morgan fingerprint density at radius 2 is 0.769 bits per heavy atom. The van der Waals surface area contributed by atoms with Crippen molar-refractivity contribution in [2.24, 2.45) is 0 Å². The maximum atomic E-state index is 14.1. The minimum atomic E-state index is -5.29. The highest BCUT2D eigenvalue weighted by atomic mass is 28.6. The van der Waals surface area contributed by atoms with Crippen LogP contribution < -0.4 is 36.3 Å². The minimum absolute atomic E-state index is 0.00456. The molecular formula is C63H63F3O14Si11. The lowest BCUT2D eigenvalue weighted by Gasteiger charge is -2.53. The molecule has 4 saturated heterocycles. The molecule has 4 heterocycles. The van der Waals surface area contributed by atoms with Crippen LogP contribution in [0, 0.1) is 6.92 Å². The van der Waals surface area contributed by atoms with Gasteiger partial charge in [0.05, 0.1) is 11.8 Å². The van der Waals surface area contributed by atoms with Gasteiger partial charge < -0.3 is 57.9 Å². The summed E-state index contributed by atoms with van der Waals surface area (Å²) in [5.41, 5.74) is 5.31. The summed E-state index contributed by atoms with van der Waals surface area (Å²) >= 11 is 0. The molecule has 0 amide bonds. The fourth-order valence-corrected chi connectivity index (χ4v) is 61.6. The van der Waals surface area contributed by atoms with Gasteiger partial charge in [-0.05, 0) is 59.9 Å². The second-order valence-corrected chi connectivity index (χ2v) is 51.9. The van der Waals surface area contributed by atoms with Gasteiger partial charge in [-0.1, -0.05) is 266 Å². The number of alkyl halides is 3. The molecule has 10 atom stereocenters. The molecule has 4 aliphatic heterocycles. The van der Waals surface area contributed by atoms with Crippen LogP contribution in [0.5, 0.6) is 0 Å². The third-order valence-electron chi connectivity index (χ3n) is 15.5. The Bertz CT molecular complexity index is 4000. The first-order valence-corrected chi connectivity index (χ1v) is 48.7. The average molecular weight is 1410 g/mol. The van der Waals surface area contributed by atoms with E-state index in [0.29, 0.717) is 41.9 Å². The van der Waals surface area contributed by atoms with E-state index in [4.69, 9.17) is 57.9 Å². The van der Waals surface area contributed by atoms with E-state index in [1.54, 1.807) is 11.8 Å². The molecule has 0 spiro atoms. The summed E-state index contributed by atoms with van der Waals surface area (Å²) in [6.07, 6.45) is -1.19. The smallest absolute Gasteiger partial charge is 0.422 e. The zero-order chi connectivity index (χ0) is 62.8. The number of hydrogen-bond donors (Lipinski definition) is 0. The van der Waals surface area contributed by atoms with E-state index >= 15 is 0 Å². The van der Waals surface area contributed by atoms with Crippen molar-refractivity contribution in [3.63, 3.8) is 0 Å². The van der Waals surface area contributed by atoms with Crippen molar-refractivity contribution >= 4 is 147 Å². The number of hydrogen-bond acceptors (Lipinski definition) is 14. The first-order valence-electron chi connectivity index (χ1n) is 29.5. The number of benzene rings is 9. The van der Waals surface area contributed by atoms with E-state index in [9.17, 15) is 13.2 Å². The Hall–Kier alpha value is -5.92. The monoisotopic (exact) mass is 1410 g/mol. The first kappa shape index (κ1) is 63.8. The van der Waals surface area contributed by atoms with Gasteiger partial charge in [-0.3, -0.25) is 0 Å². The van der Waals surface area contributed by atoms with E-state index in [0.717, 1.165) is 23.3 Å². The maximum Gasteiger partial charge on any atom is 0.521 e. The van der Waals surface area contributed by atoms with E-state index in [-0.39, 0.29) is 16.7 Å². The SMILES string of the molecule is Cc1ccc(/C=C/[Si]2(C)O[Si]3(c4ccccc4)O[SiH](c4ccccc4)O[Si]4(c5ccccc5)OC[SiH]5O[Si](C)(/C=C/c6ccc(C(F)(F)F)cc6)O[Si](O[SiH3])(c6ccccc6)O[Si](c6ccccc6)(O3)O[Si@@](c3ccccc3)(O5)O[Si](c3ccccc3)(O2)O4)cc1. The van der Waals surface area contributed by atoms with Crippen LogP contribution in [0.1, 0.15) is 22.3 Å². The van der Waals surface area contributed by atoms with Gasteiger partial charge in [0, 0.05) is 31.1 Å². The van der Waals surface area contributed by atoms with Crippen LogP contribution in [-0.2, 0) is 64.1 Å². The van der Waals surface area contributed by atoms with Gasteiger partial charge in [-0.15, -0.1) is 0 Å². The Morgan fingerprint density at radius 3 is 1.24 bits per heavy atom. The Morgan fingerprint density at radius 1 is 0.396 bits per heavy atom. The number of halogens is 3. The van der Waals surface area contributed by atoms with Crippen LogP contribution >= 0.6 is 0 Å². The molecule has 91 heavy (non-hydrogen) atoms. The predicted octanol–water partition coefficient (Wildman–Crippen LogP) is 6.49. The van der Waals surface area contributed by atoms with Crippen LogP contribution in [0.3, 0.4) is 0 Å². The summed E-state index contributed by atoms with van der Waals surface area (Å²) in [7, 11) is -46.2. The number of rotatable bonds is 12. The molecule has 4 fully saturated rings. The molecule has 14 nitrogen and oxygen atoms in total. The molecule has 464 valence electrons. The standard InChI is InChI=1S/C63H63F3O14Si11/c1-52-39-41-53(42-40-52)48-50-85(3)74-89(60-33-19-8-20-34-60)72-83(56-25-11-4-12-26-56)71-86(57-27-13-5-14-28-57)67-51-82-69-84(2,49-47-54-43-45-55(46-44-54)63(64,65)66)73-87(68-81,58-29-15-6-16-30-58)77-91(80-89,62-37-23-10-24-38-62)79-88(70-82,59-31-17-7-18-32-59)78-90(75-85,76-86)61-35-21-9-22-36-61/h4-50,82-83H,51H2,1-3,81H3/b49-47+,50-48+/t82?,83?,84?,85?,86?,87?,88-,89?,90?,91?/m0/s1. The maximum absolute atomic E-state index is 14.1. The molecule has 9 aromatic rings. The molecule has 9 unspecified atom stereocenters. The van der Waals surface area contributed by atoms with Crippen molar-refractivity contribution in [3.05, 3.63) is 295 Å². The molecule has 13 rings (SSSR count). The molecule has 28 heteroatoms. The van der Waals surface area contributed by atoms with Gasteiger partial charge in [-0.25, -0.2) is 0 Å². The Balaban J connectivity index is 1.21. The van der Waals surface area contributed by atoms with E-state index < -0.39 is 100 Å². The average Bonchev–Trinajstić information content (AvgIpc) is 1.58. The fraction of sp³-hybridized carbons (Fsp3) is 0.0794. The molecule has 0 saturated carbocycles. The highest BCUT2D eigenvalue weighted by molar-refractivity contribution is 7.07. The first-order chi connectivity index (χ1) is 44.0. The normalized spacial score (nSPS) is 30.5. The molecule has 9 aromatic carbocycles. The number of fused-ring (bicyclic) bond motifs is 6. The van der Waals surface area contributed by atoms with Crippen molar-refractivity contribution in [2.45, 2.75) is 26.2 Å². The van der Waals surface area contributed by atoms with Gasteiger partial charge in [0.15, 0.2) is 0 Å². The molecule has 0 N–H and O–H groups in total. The zero-order valence-corrected chi connectivity index (χ0v) is 62.2. The highest BCUT2D eigenvalue weighted by Crippen LogP contribution is 2.41. The van der Waals surface area contributed by atoms with Gasteiger partial charge in [0.25, 0.3) is 0 Å². The summed E-state index contributed by atoms with van der Waals surface area (Å²) in [6, 6.07) is 79.5. The molecule has 0 aliphatic carbocycles. The van der Waals surface area contributed by atoms with Crippen LogP contribution in [0.15, 0.2) is 272 Å². The van der Waals surface area contributed by atoms with E-state index in [1.807, 2.05) is 268 Å². The fourth-order valence-electron chi connectivity index (χ4n) is 11.1. The van der Waals surface area contributed by atoms with Crippen molar-refractivity contribution in [1.29, 1.82) is 0 Å². The van der Waals surface area contributed by atoms with Crippen LogP contribution in [0.2, 0.25) is 13.1 Å². The topological polar surface area (TPSA) is 129 Å². The molecule has 0 radical (unpaired) electrons. The molecule has 0 aromatic heterocycles. The van der Waals surface area contributed by atoms with E-state index in [2.05, 4.69) is 0 Å². The van der Waals surface area contributed by atoms with Gasteiger partial charge >= 0.3 is 94.7 Å². The van der Waals surface area contributed by atoms with Crippen LogP contribution in [-0.4, -0.2) is 105 Å². The van der Waals surface area contributed by atoms with Crippen LogP contribution in [0.25, 0.3) is 12.2 Å². The van der Waals surface area contributed by atoms with Gasteiger partial charge in [0.1, 0.15) is 10.5 Å². The summed E-state index contributed by atoms with van der Waals surface area (Å²) < 4.78 is 156. The highest BCUT2D eigenvalue weighted by Gasteiger charge is 2.75. The van der Waals surface area contributed by atoms with Gasteiger partial charge in [-0.2, -0.15) is 13.2 Å². The van der Waals surface area contributed by atoms with Gasteiger partial charge in [0.2, 0.25) is 0 Å². The lowest BCUT2D eigenvalue weighted by molar-refractivity contribution is -0.137. The summed E-state index contributed by atoms with van der Waals surface area (Å²) in [5.74, 6) is 0. The lowest BCUT2D eigenvalue weighted by atomic mass is 10.1. The zero-order valence-electron chi connectivity index (χ0n) is 49.8. The summed E-state index contributed by atoms with van der Waals surface area (Å²) in [4.78, 5) is 0. The second-order valence-electron chi connectivity index (χ2n) is 22.2. The third kappa shape index (κ3) is 13.5. The van der Waals surface area contributed by atoms with Crippen molar-refractivity contribution in [2.75, 3.05) is 6.23 Å². The summed E-state index contributed by atoms with van der Waals surface area (Å²) in [6.45, 7) is 5.81. The minimum Gasteiger partial charge on any atom is -0.422 e. The Kier molecular flexibility index (Phi) is 18.3. The molecular weight excluding hydrogens is 1350 g/mol.